The van der Waals surface area contributed by atoms with E-state index in [0.29, 0.717) is 12.0 Å². The predicted octanol–water partition coefficient (Wildman–Crippen LogP) is 5.13. The van der Waals surface area contributed by atoms with Crippen molar-refractivity contribution in [3.05, 3.63) is 102 Å². The lowest BCUT2D eigenvalue weighted by molar-refractivity contribution is -0.274. The standard InChI is InChI=1S/C29H28F3NO6/c30-29(31,32)39-24-13-11-21(12-14-24)17-18-33-27(35)25(28(36)38-20-23-9-5-2-6-10-23)15-16-26(34)37-19-22-7-3-1-4-8-22/h1-14,25H,15-20H2,(H,33,35)/t25-/m0/s1. The molecule has 0 spiro atoms. The van der Waals surface area contributed by atoms with E-state index in [9.17, 15) is 27.6 Å². The van der Waals surface area contributed by atoms with Gasteiger partial charge in [-0.25, -0.2) is 0 Å². The molecule has 0 aliphatic rings. The van der Waals surface area contributed by atoms with Crippen LogP contribution in [0.25, 0.3) is 0 Å². The number of carbonyl (C=O) groups excluding carboxylic acids is 3. The molecule has 1 amide bonds. The first-order chi connectivity index (χ1) is 18.7. The molecule has 0 bridgehead atoms. The highest BCUT2D eigenvalue weighted by Crippen LogP contribution is 2.23. The van der Waals surface area contributed by atoms with Crippen molar-refractivity contribution in [2.24, 2.45) is 5.92 Å². The van der Waals surface area contributed by atoms with Crippen molar-refractivity contribution in [1.29, 1.82) is 0 Å². The summed E-state index contributed by atoms with van der Waals surface area (Å²) < 4.78 is 51.4. The van der Waals surface area contributed by atoms with Gasteiger partial charge in [-0.15, -0.1) is 13.2 Å². The summed E-state index contributed by atoms with van der Waals surface area (Å²) in [5.74, 6) is -3.56. The van der Waals surface area contributed by atoms with Gasteiger partial charge in [-0.1, -0.05) is 72.8 Å². The lowest BCUT2D eigenvalue weighted by Gasteiger charge is -2.16. The smallest absolute Gasteiger partial charge is 0.461 e. The second kappa shape index (κ2) is 14.6. The number of hydrogen-bond acceptors (Lipinski definition) is 6. The lowest BCUT2D eigenvalue weighted by Crippen LogP contribution is -2.37. The molecule has 39 heavy (non-hydrogen) atoms. The first-order valence-electron chi connectivity index (χ1n) is 12.2. The molecular weight excluding hydrogens is 515 g/mol. The number of hydrogen-bond donors (Lipinski definition) is 1. The lowest BCUT2D eigenvalue weighted by atomic mass is 10.0. The van der Waals surface area contributed by atoms with Crippen molar-refractivity contribution >= 4 is 17.8 Å². The average Bonchev–Trinajstić information content (AvgIpc) is 2.92. The molecule has 0 aromatic heterocycles. The predicted molar refractivity (Wildman–Crippen MR) is 135 cm³/mol. The quantitative estimate of drug-likeness (QED) is 0.238. The van der Waals surface area contributed by atoms with Crippen LogP contribution >= 0.6 is 0 Å². The topological polar surface area (TPSA) is 90.9 Å². The van der Waals surface area contributed by atoms with Crippen molar-refractivity contribution in [2.45, 2.75) is 38.8 Å². The third-order valence-corrected chi connectivity index (χ3v) is 5.57. The largest absolute Gasteiger partial charge is 0.573 e. The van der Waals surface area contributed by atoms with E-state index in [1.165, 1.54) is 24.3 Å². The number of amides is 1. The molecule has 206 valence electrons. The van der Waals surface area contributed by atoms with Crippen LogP contribution < -0.4 is 10.1 Å². The molecule has 7 nitrogen and oxygen atoms in total. The first-order valence-corrected chi connectivity index (χ1v) is 12.2. The van der Waals surface area contributed by atoms with Gasteiger partial charge in [-0.3, -0.25) is 14.4 Å². The molecule has 3 aromatic rings. The Morgan fingerprint density at radius 3 is 1.87 bits per heavy atom. The fraction of sp³-hybridized carbons (Fsp3) is 0.276. The van der Waals surface area contributed by atoms with E-state index < -0.39 is 30.1 Å². The summed E-state index contributed by atoms with van der Waals surface area (Å²) in [6.07, 6.45) is -4.78. The maximum absolute atomic E-state index is 12.9. The Kier molecular flexibility index (Phi) is 10.9. The van der Waals surface area contributed by atoms with Crippen LogP contribution in [0.3, 0.4) is 0 Å². The van der Waals surface area contributed by atoms with Crippen molar-refractivity contribution in [3.8, 4) is 5.75 Å². The minimum absolute atomic E-state index is 0.0335. The zero-order valence-corrected chi connectivity index (χ0v) is 21.0. The maximum atomic E-state index is 12.9. The van der Waals surface area contributed by atoms with E-state index in [1.807, 2.05) is 24.3 Å². The maximum Gasteiger partial charge on any atom is 0.573 e. The van der Waals surface area contributed by atoms with Crippen LogP contribution in [-0.4, -0.2) is 30.8 Å². The number of ether oxygens (including phenoxy) is 3. The molecule has 1 N–H and O–H groups in total. The molecule has 0 fully saturated rings. The highest BCUT2D eigenvalue weighted by atomic mass is 19.4. The molecule has 0 saturated heterocycles. The number of alkyl halides is 3. The van der Waals surface area contributed by atoms with Gasteiger partial charge in [0.25, 0.3) is 0 Å². The molecule has 3 rings (SSSR count). The number of carbonyl (C=O) groups is 3. The Bertz CT molecular complexity index is 1200. The van der Waals surface area contributed by atoms with Crippen LogP contribution in [0.5, 0.6) is 5.75 Å². The van der Waals surface area contributed by atoms with Gasteiger partial charge in [0.2, 0.25) is 5.91 Å². The van der Waals surface area contributed by atoms with Crippen LogP contribution in [0.4, 0.5) is 13.2 Å². The molecular formula is C29H28F3NO6. The third kappa shape index (κ3) is 10.9. The summed E-state index contributed by atoms with van der Waals surface area (Å²) in [4.78, 5) is 37.9. The average molecular weight is 544 g/mol. The second-order valence-electron chi connectivity index (χ2n) is 8.56. The van der Waals surface area contributed by atoms with Crippen LogP contribution in [0, 0.1) is 5.92 Å². The summed E-state index contributed by atoms with van der Waals surface area (Å²) >= 11 is 0. The molecule has 0 saturated carbocycles. The van der Waals surface area contributed by atoms with E-state index >= 15 is 0 Å². The number of esters is 2. The zero-order chi connectivity index (χ0) is 28.1. The highest BCUT2D eigenvalue weighted by molar-refractivity contribution is 5.98. The molecule has 10 heteroatoms. The SMILES string of the molecule is O=C(CC[C@@H](C(=O)NCCc1ccc(OC(F)(F)F)cc1)C(=O)OCc1ccccc1)OCc1ccccc1. The molecule has 0 aliphatic carbocycles. The Hall–Kier alpha value is -4.34. The molecule has 0 heterocycles. The summed E-state index contributed by atoms with van der Waals surface area (Å²) in [5.41, 5.74) is 2.20. The fourth-order valence-corrected chi connectivity index (χ4v) is 3.57. The summed E-state index contributed by atoms with van der Waals surface area (Å²) in [7, 11) is 0. The third-order valence-electron chi connectivity index (χ3n) is 5.57. The van der Waals surface area contributed by atoms with Crippen LogP contribution in [-0.2, 0) is 43.5 Å². The van der Waals surface area contributed by atoms with Gasteiger partial charge < -0.3 is 19.5 Å². The molecule has 0 unspecified atom stereocenters. The number of halogens is 3. The number of benzene rings is 3. The summed E-state index contributed by atoms with van der Waals surface area (Å²) in [5, 5.41) is 2.64. The van der Waals surface area contributed by atoms with Gasteiger partial charge in [-0.2, -0.15) is 0 Å². The van der Waals surface area contributed by atoms with Crippen molar-refractivity contribution < 1.29 is 41.8 Å². The van der Waals surface area contributed by atoms with Gasteiger partial charge >= 0.3 is 18.3 Å². The van der Waals surface area contributed by atoms with Gasteiger partial charge in [0.05, 0.1) is 0 Å². The summed E-state index contributed by atoms with van der Waals surface area (Å²) in [6.45, 7) is 0.148. The Morgan fingerprint density at radius 2 is 1.31 bits per heavy atom. The summed E-state index contributed by atoms with van der Waals surface area (Å²) in [6, 6.07) is 23.3. The molecule has 0 aliphatic heterocycles. The van der Waals surface area contributed by atoms with Gasteiger partial charge in [0, 0.05) is 13.0 Å². The van der Waals surface area contributed by atoms with E-state index in [0.717, 1.165) is 11.1 Å². The van der Waals surface area contributed by atoms with E-state index in [-0.39, 0.29) is 38.3 Å². The van der Waals surface area contributed by atoms with Gasteiger partial charge in [0.15, 0.2) is 0 Å². The van der Waals surface area contributed by atoms with Crippen LogP contribution in [0.15, 0.2) is 84.9 Å². The number of nitrogens with one attached hydrogen (secondary N) is 1. The van der Waals surface area contributed by atoms with E-state index in [1.54, 1.807) is 36.4 Å². The monoisotopic (exact) mass is 543 g/mol. The van der Waals surface area contributed by atoms with Crippen molar-refractivity contribution in [2.75, 3.05) is 6.54 Å². The van der Waals surface area contributed by atoms with Crippen molar-refractivity contribution in [1.82, 2.24) is 5.32 Å². The number of rotatable bonds is 13. The molecule has 3 aromatic carbocycles. The van der Waals surface area contributed by atoms with Crippen LogP contribution in [0.1, 0.15) is 29.5 Å². The van der Waals surface area contributed by atoms with Gasteiger partial charge in [-0.05, 0) is 41.7 Å². The normalized spacial score (nSPS) is 11.8. The minimum Gasteiger partial charge on any atom is -0.461 e. The van der Waals surface area contributed by atoms with Crippen LogP contribution in [0.2, 0.25) is 0 Å². The Labute approximate surface area is 223 Å². The van der Waals surface area contributed by atoms with Gasteiger partial charge in [0.1, 0.15) is 24.9 Å². The molecule has 0 radical (unpaired) electrons. The first kappa shape index (κ1) is 29.2. The fourth-order valence-electron chi connectivity index (χ4n) is 3.57. The Balaban J connectivity index is 1.53. The Morgan fingerprint density at radius 1 is 0.744 bits per heavy atom. The highest BCUT2D eigenvalue weighted by Gasteiger charge is 2.31. The second-order valence-corrected chi connectivity index (χ2v) is 8.56. The minimum atomic E-state index is -4.78. The van der Waals surface area contributed by atoms with E-state index in [2.05, 4.69) is 10.1 Å². The van der Waals surface area contributed by atoms with E-state index in [4.69, 9.17) is 9.47 Å². The molecule has 1 atom stereocenters. The zero-order valence-electron chi connectivity index (χ0n) is 21.0. The van der Waals surface area contributed by atoms with Crippen molar-refractivity contribution in [3.63, 3.8) is 0 Å².